The van der Waals surface area contributed by atoms with Gasteiger partial charge in [0.2, 0.25) is 5.91 Å². The number of carbonyl (C=O) groups excluding carboxylic acids is 1. The normalized spacial score (nSPS) is 15.9. The van der Waals surface area contributed by atoms with Crippen molar-refractivity contribution in [1.29, 1.82) is 0 Å². The van der Waals surface area contributed by atoms with Crippen molar-refractivity contribution in [2.45, 2.75) is 26.2 Å². The molecule has 3 aromatic rings. The Morgan fingerprint density at radius 3 is 2.59 bits per heavy atom. The highest BCUT2D eigenvalue weighted by Gasteiger charge is 2.28. The fourth-order valence-corrected chi connectivity index (χ4v) is 3.75. The maximum atomic E-state index is 13.1. The predicted molar refractivity (Wildman–Crippen MR) is 104 cm³/mol. The molecule has 140 valence electrons. The van der Waals surface area contributed by atoms with Gasteiger partial charge in [0.25, 0.3) is 5.78 Å². The number of aryl methyl sites for hydroxylation is 1. The van der Waals surface area contributed by atoms with Gasteiger partial charge in [-0.05, 0) is 18.9 Å². The third kappa shape index (κ3) is 3.37. The molecular weight excluding hydrogens is 340 g/mol. The van der Waals surface area contributed by atoms with E-state index in [0.29, 0.717) is 18.9 Å². The van der Waals surface area contributed by atoms with Gasteiger partial charge in [-0.2, -0.15) is 14.6 Å². The molecule has 0 bridgehead atoms. The Bertz CT molecular complexity index is 930. The van der Waals surface area contributed by atoms with Crippen LogP contribution < -0.4 is 4.90 Å². The van der Waals surface area contributed by atoms with Crippen LogP contribution in [0, 0.1) is 6.92 Å². The molecule has 1 fully saturated rings. The maximum absolute atomic E-state index is 13.1. The van der Waals surface area contributed by atoms with Crippen molar-refractivity contribution in [2.75, 3.05) is 31.1 Å². The molecule has 0 radical (unpaired) electrons. The van der Waals surface area contributed by atoms with Crippen molar-refractivity contribution in [2.24, 2.45) is 0 Å². The van der Waals surface area contributed by atoms with Gasteiger partial charge in [0, 0.05) is 37.9 Å². The molecule has 0 aliphatic carbocycles. The van der Waals surface area contributed by atoms with Crippen LogP contribution in [0.3, 0.4) is 0 Å². The van der Waals surface area contributed by atoms with Crippen LogP contribution in [0.15, 0.2) is 42.7 Å². The molecule has 3 heterocycles. The summed E-state index contributed by atoms with van der Waals surface area (Å²) in [6.45, 7) is 7.00. The fourth-order valence-electron chi connectivity index (χ4n) is 3.75. The molecule has 0 N–H and O–H groups in total. The van der Waals surface area contributed by atoms with Gasteiger partial charge in [-0.3, -0.25) is 4.79 Å². The molecule has 0 saturated carbocycles. The lowest BCUT2D eigenvalue weighted by Gasteiger charge is -2.37. The average molecular weight is 364 g/mol. The monoisotopic (exact) mass is 364 g/mol. The number of benzene rings is 1. The topological polar surface area (TPSA) is 66.6 Å². The zero-order chi connectivity index (χ0) is 18.8. The molecule has 1 aliphatic heterocycles. The van der Waals surface area contributed by atoms with E-state index in [2.05, 4.69) is 26.9 Å². The number of anilines is 1. The Morgan fingerprint density at radius 2 is 1.89 bits per heavy atom. The Hall–Kier alpha value is -2.96. The minimum atomic E-state index is -0.0667. The van der Waals surface area contributed by atoms with E-state index in [9.17, 15) is 4.79 Å². The minimum Gasteiger partial charge on any atom is -0.353 e. The van der Waals surface area contributed by atoms with E-state index >= 15 is 0 Å². The van der Waals surface area contributed by atoms with E-state index in [4.69, 9.17) is 0 Å². The maximum Gasteiger partial charge on any atom is 0.254 e. The van der Waals surface area contributed by atoms with E-state index in [1.807, 2.05) is 48.2 Å². The van der Waals surface area contributed by atoms with Gasteiger partial charge in [-0.15, -0.1) is 0 Å². The zero-order valence-corrected chi connectivity index (χ0v) is 15.7. The van der Waals surface area contributed by atoms with Gasteiger partial charge in [-0.1, -0.05) is 37.3 Å². The van der Waals surface area contributed by atoms with Gasteiger partial charge in [0.05, 0.1) is 5.92 Å². The van der Waals surface area contributed by atoms with Gasteiger partial charge in [-0.25, -0.2) is 4.98 Å². The summed E-state index contributed by atoms with van der Waals surface area (Å²) in [5.41, 5.74) is 2.01. The number of hydrogen-bond donors (Lipinski definition) is 0. The molecule has 1 saturated heterocycles. The fraction of sp³-hybridized carbons (Fsp3) is 0.400. The zero-order valence-electron chi connectivity index (χ0n) is 15.7. The smallest absolute Gasteiger partial charge is 0.254 e. The number of aromatic nitrogens is 4. The van der Waals surface area contributed by atoms with Crippen LogP contribution in [-0.4, -0.2) is 56.6 Å². The van der Waals surface area contributed by atoms with Crippen molar-refractivity contribution in [3.8, 4) is 0 Å². The molecule has 1 atom stereocenters. The largest absolute Gasteiger partial charge is 0.353 e. The molecule has 2 aromatic heterocycles. The lowest BCUT2D eigenvalue weighted by molar-refractivity contribution is -0.133. The first kappa shape index (κ1) is 17.5. The quantitative estimate of drug-likeness (QED) is 0.710. The molecule has 1 amide bonds. The first-order valence-electron chi connectivity index (χ1n) is 9.43. The van der Waals surface area contributed by atoms with Gasteiger partial charge in [0.1, 0.15) is 12.1 Å². The Morgan fingerprint density at radius 1 is 1.15 bits per heavy atom. The number of piperazine rings is 1. The van der Waals surface area contributed by atoms with Crippen LogP contribution in [0.25, 0.3) is 5.78 Å². The SMILES string of the molecule is CC[C@@H](C(=O)N1CCN(c2cc(C)nc3ncnn23)CC1)c1ccccc1. The second kappa shape index (κ2) is 7.34. The number of rotatable bonds is 4. The summed E-state index contributed by atoms with van der Waals surface area (Å²) in [6.07, 6.45) is 2.34. The summed E-state index contributed by atoms with van der Waals surface area (Å²) < 4.78 is 1.77. The van der Waals surface area contributed by atoms with E-state index < -0.39 is 0 Å². The lowest BCUT2D eigenvalue weighted by atomic mass is 9.95. The van der Waals surface area contributed by atoms with Crippen molar-refractivity contribution in [1.82, 2.24) is 24.5 Å². The second-order valence-electron chi connectivity index (χ2n) is 6.91. The molecule has 1 aromatic carbocycles. The van der Waals surface area contributed by atoms with Crippen LogP contribution in [0.5, 0.6) is 0 Å². The molecule has 7 heteroatoms. The summed E-state index contributed by atoms with van der Waals surface area (Å²) in [4.78, 5) is 25.9. The van der Waals surface area contributed by atoms with Crippen LogP contribution in [0.2, 0.25) is 0 Å². The molecule has 0 unspecified atom stereocenters. The average Bonchev–Trinajstić information content (AvgIpc) is 3.17. The lowest BCUT2D eigenvalue weighted by Crippen LogP contribution is -2.50. The molecule has 0 spiro atoms. The summed E-state index contributed by atoms with van der Waals surface area (Å²) in [5.74, 6) is 1.75. The first-order valence-corrected chi connectivity index (χ1v) is 9.43. The van der Waals surface area contributed by atoms with Crippen molar-refractivity contribution in [3.63, 3.8) is 0 Å². The van der Waals surface area contributed by atoms with E-state index in [0.717, 1.165) is 36.6 Å². The highest BCUT2D eigenvalue weighted by Crippen LogP contribution is 2.24. The Labute approximate surface area is 158 Å². The van der Waals surface area contributed by atoms with Crippen molar-refractivity contribution in [3.05, 3.63) is 54.0 Å². The van der Waals surface area contributed by atoms with E-state index in [1.165, 1.54) is 6.33 Å². The number of hydrogen-bond acceptors (Lipinski definition) is 5. The number of amides is 1. The van der Waals surface area contributed by atoms with Crippen molar-refractivity contribution >= 4 is 17.5 Å². The predicted octanol–water partition coefficient (Wildman–Crippen LogP) is 2.28. The standard InChI is InChI=1S/C20H24N6O/c1-3-17(16-7-5-4-6-8-16)19(27)25-11-9-24(10-12-25)18-13-15(2)23-20-21-14-22-26(18)20/h4-8,13-14,17H,3,9-12H2,1-2H3/t17-/m1/s1. The summed E-state index contributed by atoms with van der Waals surface area (Å²) >= 11 is 0. The second-order valence-corrected chi connectivity index (χ2v) is 6.91. The summed E-state index contributed by atoms with van der Waals surface area (Å²) in [6, 6.07) is 12.1. The molecule has 7 nitrogen and oxygen atoms in total. The van der Waals surface area contributed by atoms with Gasteiger partial charge in [0.15, 0.2) is 0 Å². The van der Waals surface area contributed by atoms with Gasteiger partial charge < -0.3 is 9.80 Å². The Kier molecular flexibility index (Phi) is 4.75. The minimum absolute atomic E-state index is 0.0667. The third-order valence-corrected chi connectivity index (χ3v) is 5.18. The van der Waals surface area contributed by atoms with E-state index in [1.54, 1.807) is 4.52 Å². The molecule has 4 rings (SSSR count). The molecule has 1 aliphatic rings. The highest BCUT2D eigenvalue weighted by molar-refractivity contribution is 5.84. The van der Waals surface area contributed by atoms with Crippen molar-refractivity contribution < 1.29 is 4.79 Å². The van der Waals surface area contributed by atoms with Crippen LogP contribution in [0.4, 0.5) is 5.82 Å². The highest BCUT2D eigenvalue weighted by atomic mass is 16.2. The van der Waals surface area contributed by atoms with E-state index in [-0.39, 0.29) is 11.8 Å². The third-order valence-electron chi connectivity index (χ3n) is 5.18. The van der Waals surface area contributed by atoms with Crippen LogP contribution in [-0.2, 0) is 4.79 Å². The summed E-state index contributed by atoms with van der Waals surface area (Å²) in [7, 11) is 0. The number of carbonyl (C=O) groups is 1. The Balaban J connectivity index is 1.48. The first-order chi connectivity index (χ1) is 13.2. The van der Waals surface area contributed by atoms with Crippen LogP contribution in [0.1, 0.15) is 30.5 Å². The van der Waals surface area contributed by atoms with Crippen LogP contribution >= 0.6 is 0 Å². The number of nitrogens with zero attached hydrogens (tertiary/aromatic N) is 6. The number of fused-ring (bicyclic) bond motifs is 1. The summed E-state index contributed by atoms with van der Waals surface area (Å²) in [5, 5.41) is 4.29. The van der Waals surface area contributed by atoms with Gasteiger partial charge >= 0.3 is 0 Å². The molecule has 27 heavy (non-hydrogen) atoms. The molecular formula is C20H24N6O.